The second-order valence-corrected chi connectivity index (χ2v) is 6.36. The fourth-order valence-corrected chi connectivity index (χ4v) is 3.27. The normalized spacial score (nSPS) is 20.5. The summed E-state index contributed by atoms with van der Waals surface area (Å²) in [5, 5.41) is 4.12. The lowest BCUT2D eigenvalue weighted by atomic mass is 9.91. The van der Waals surface area contributed by atoms with Gasteiger partial charge < -0.3 is 10.6 Å². The van der Waals surface area contributed by atoms with E-state index in [1.165, 1.54) is 6.33 Å². The molecule has 2 aromatic rings. The molecule has 2 unspecified atom stereocenters. The van der Waals surface area contributed by atoms with Crippen LogP contribution in [0.15, 0.2) is 30.9 Å². The number of nitrogens with two attached hydrogens (primary N) is 1. The Labute approximate surface area is 148 Å². The molecule has 24 heavy (non-hydrogen) atoms. The topological polar surface area (TPSA) is 77.0 Å². The largest absolute Gasteiger partial charge is 0.334 e. The maximum absolute atomic E-state index is 12.9. The van der Waals surface area contributed by atoms with Gasteiger partial charge in [-0.25, -0.2) is 9.67 Å². The number of carbonyl (C=O) groups excluding carboxylic acids is 1. The van der Waals surface area contributed by atoms with Gasteiger partial charge in [-0.15, -0.1) is 12.4 Å². The SMILES string of the molecule is Cc1cc(-n2cncn2)ccc1C(=O)N1CCC(C)CC1CN.Cl. The molecule has 1 aliphatic rings. The first-order chi connectivity index (χ1) is 11.1. The first-order valence-corrected chi connectivity index (χ1v) is 8.07. The maximum atomic E-state index is 12.9. The van der Waals surface area contributed by atoms with Crippen molar-refractivity contribution in [2.75, 3.05) is 13.1 Å². The number of rotatable bonds is 3. The van der Waals surface area contributed by atoms with Gasteiger partial charge in [-0.05, 0) is 49.4 Å². The van der Waals surface area contributed by atoms with Crippen molar-refractivity contribution in [2.45, 2.75) is 32.7 Å². The van der Waals surface area contributed by atoms with Crippen molar-refractivity contribution in [3.8, 4) is 5.69 Å². The summed E-state index contributed by atoms with van der Waals surface area (Å²) in [7, 11) is 0. The van der Waals surface area contributed by atoms with E-state index in [2.05, 4.69) is 17.0 Å². The van der Waals surface area contributed by atoms with Crippen molar-refractivity contribution < 1.29 is 4.79 Å². The van der Waals surface area contributed by atoms with Crippen molar-refractivity contribution in [3.05, 3.63) is 42.0 Å². The Hall–Kier alpha value is -1.92. The zero-order valence-corrected chi connectivity index (χ0v) is 14.9. The second-order valence-electron chi connectivity index (χ2n) is 6.36. The third kappa shape index (κ3) is 3.60. The average Bonchev–Trinajstić information content (AvgIpc) is 3.08. The minimum atomic E-state index is 0. The van der Waals surface area contributed by atoms with Crippen LogP contribution in [-0.4, -0.2) is 44.7 Å². The fraction of sp³-hybridized carbons (Fsp3) is 0.471. The van der Waals surface area contributed by atoms with Crippen LogP contribution in [0.25, 0.3) is 5.69 Å². The lowest BCUT2D eigenvalue weighted by Gasteiger charge is -2.38. The van der Waals surface area contributed by atoms with E-state index < -0.39 is 0 Å². The van der Waals surface area contributed by atoms with Crippen LogP contribution in [0, 0.1) is 12.8 Å². The number of benzene rings is 1. The van der Waals surface area contributed by atoms with Crippen LogP contribution in [0.1, 0.15) is 35.7 Å². The Balaban J connectivity index is 0.00000208. The fourth-order valence-electron chi connectivity index (χ4n) is 3.27. The first kappa shape index (κ1) is 18.4. The molecule has 2 heterocycles. The molecule has 0 radical (unpaired) electrons. The van der Waals surface area contributed by atoms with E-state index in [9.17, 15) is 4.79 Å². The van der Waals surface area contributed by atoms with Gasteiger partial charge >= 0.3 is 0 Å². The van der Waals surface area contributed by atoms with Gasteiger partial charge in [-0.1, -0.05) is 6.92 Å². The predicted molar refractivity (Wildman–Crippen MR) is 95.6 cm³/mol. The van der Waals surface area contributed by atoms with E-state index in [0.717, 1.165) is 36.2 Å². The zero-order chi connectivity index (χ0) is 16.4. The Morgan fingerprint density at radius 3 is 2.83 bits per heavy atom. The number of carbonyl (C=O) groups is 1. The molecule has 1 amide bonds. The van der Waals surface area contributed by atoms with E-state index in [0.29, 0.717) is 12.5 Å². The van der Waals surface area contributed by atoms with Gasteiger partial charge in [0.15, 0.2) is 0 Å². The highest BCUT2D eigenvalue weighted by molar-refractivity contribution is 5.96. The van der Waals surface area contributed by atoms with Crippen molar-refractivity contribution in [1.82, 2.24) is 19.7 Å². The summed E-state index contributed by atoms with van der Waals surface area (Å²) in [6.07, 6.45) is 5.17. The highest BCUT2D eigenvalue weighted by Crippen LogP contribution is 2.25. The monoisotopic (exact) mass is 349 g/mol. The summed E-state index contributed by atoms with van der Waals surface area (Å²) in [4.78, 5) is 18.8. The Morgan fingerprint density at radius 2 is 2.21 bits per heavy atom. The number of hydrogen-bond acceptors (Lipinski definition) is 4. The van der Waals surface area contributed by atoms with Gasteiger partial charge in [0.25, 0.3) is 5.91 Å². The van der Waals surface area contributed by atoms with Gasteiger partial charge in [-0.3, -0.25) is 4.79 Å². The van der Waals surface area contributed by atoms with Gasteiger partial charge in [0, 0.05) is 24.7 Å². The molecule has 1 aromatic carbocycles. The second kappa shape index (κ2) is 7.77. The molecule has 0 spiro atoms. The molecule has 0 bridgehead atoms. The molecule has 7 heteroatoms. The lowest BCUT2D eigenvalue weighted by molar-refractivity contribution is 0.0573. The van der Waals surface area contributed by atoms with Crippen molar-refractivity contribution in [1.29, 1.82) is 0 Å². The standard InChI is InChI=1S/C17H23N5O.ClH/c1-12-5-6-21(15(7-12)9-18)17(23)16-4-3-14(8-13(16)2)22-11-19-10-20-22;/h3-4,8,10-12,15H,5-7,9,18H2,1-2H3;1H. The molecular weight excluding hydrogens is 326 g/mol. The van der Waals surface area contributed by atoms with E-state index in [-0.39, 0.29) is 24.4 Å². The number of likely N-dealkylation sites (tertiary alicyclic amines) is 1. The third-order valence-corrected chi connectivity index (χ3v) is 4.63. The molecule has 6 nitrogen and oxygen atoms in total. The van der Waals surface area contributed by atoms with E-state index in [4.69, 9.17) is 5.73 Å². The molecule has 0 saturated carbocycles. The predicted octanol–water partition coefficient (Wildman–Crippen LogP) is 2.20. The molecule has 2 atom stereocenters. The summed E-state index contributed by atoms with van der Waals surface area (Å²) in [5.41, 5.74) is 8.47. The number of nitrogens with zero attached hydrogens (tertiary/aromatic N) is 4. The summed E-state index contributed by atoms with van der Waals surface area (Å²) in [5.74, 6) is 0.707. The van der Waals surface area contributed by atoms with Gasteiger partial charge in [-0.2, -0.15) is 5.10 Å². The van der Waals surface area contributed by atoms with Crippen molar-refractivity contribution in [2.24, 2.45) is 11.7 Å². The van der Waals surface area contributed by atoms with Crippen LogP contribution in [0.5, 0.6) is 0 Å². The lowest BCUT2D eigenvalue weighted by Crippen LogP contribution is -2.49. The molecule has 1 aliphatic heterocycles. The number of amides is 1. The van der Waals surface area contributed by atoms with Crippen LogP contribution in [0.2, 0.25) is 0 Å². The average molecular weight is 350 g/mol. The van der Waals surface area contributed by atoms with E-state index in [1.54, 1.807) is 11.0 Å². The minimum absolute atomic E-state index is 0. The minimum Gasteiger partial charge on any atom is -0.334 e. The summed E-state index contributed by atoms with van der Waals surface area (Å²) in [6.45, 7) is 5.48. The quantitative estimate of drug-likeness (QED) is 0.921. The number of halogens is 1. The first-order valence-electron chi connectivity index (χ1n) is 8.07. The van der Waals surface area contributed by atoms with Crippen LogP contribution >= 0.6 is 12.4 Å². The summed E-state index contributed by atoms with van der Waals surface area (Å²) >= 11 is 0. The molecule has 2 N–H and O–H groups in total. The highest BCUT2D eigenvalue weighted by atomic mass is 35.5. The van der Waals surface area contributed by atoms with Crippen LogP contribution in [0.3, 0.4) is 0 Å². The van der Waals surface area contributed by atoms with Gasteiger partial charge in [0.2, 0.25) is 0 Å². The molecule has 1 aromatic heterocycles. The molecule has 1 fully saturated rings. The highest BCUT2D eigenvalue weighted by Gasteiger charge is 2.30. The number of aryl methyl sites for hydroxylation is 1. The van der Waals surface area contributed by atoms with E-state index in [1.807, 2.05) is 30.0 Å². The van der Waals surface area contributed by atoms with Crippen molar-refractivity contribution >= 4 is 18.3 Å². The van der Waals surface area contributed by atoms with Gasteiger partial charge in [0.1, 0.15) is 12.7 Å². The maximum Gasteiger partial charge on any atom is 0.254 e. The summed E-state index contributed by atoms with van der Waals surface area (Å²) < 4.78 is 1.69. The third-order valence-electron chi connectivity index (χ3n) is 4.63. The molecule has 130 valence electrons. The van der Waals surface area contributed by atoms with Crippen molar-refractivity contribution in [3.63, 3.8) is 0 Å². The number of hydrogen-bond donors (Lipinski definition) is 1. The van der Waals surface area contributed by atoms with Crippen LogP contribution in [0.4, 0.5) is 0 Å². The van der Waals surface area contributed by atoms with Crippen LogP contribution < -0.4 is 5.73 Å². The summed E-state index contributed by atoms with van der Waals surface area (Å²) in [6, 6.07) is 5.88. The van der Waals surface area contributed by atoms with E-state index >= 15 is 0 Å². The number of aromatic nitrogens is 3. The Morgan fingerprint density at radius 1 is 1.42 bits per heavy atom. The molecule has 0 aliphatic carbocycles. The Kier molecular flexibility index (Phi) is 5.96. The smallest absolute Gasteiger partial charge is 0.254 e. The zero-order valence-electron chi connectivity index (χ0n) is 14.1. The molecular formula is C17H24ClN5O. The molecule has 1 saturated heterocycles. The van der Waals surface area contributed by atoms with Gasteiger partial charge in [0.05, 0.1) is 5.69 Å². The van der Waals surface area contributed by atoms with Crippen LogP contribution in [-0.2, 0) is 0 Å². The Bertz CT molecular complexity index is 688. The number of piperidine rings is 1. The molecule has 3 rings (SSSR count).